The first-order valence-corrected chi connectivity index (χ1v) is 12.5. The largest absolute Gasteiger partial charge is 0.497 e. The number of aromatic nitrogens is 1. The van der Waals surface area contributed by atoms with Gasteiger partial charge in [0.2, 0.25) is 26.6 Å². The maximum Gasteiger partial charge on any atom is 0.240 e. The highest BCUT2D eigenvalue weighted by molar-refractivity contribution is 9.10. The Bertz CT molecular complexity index is 1250. The van der Waals surface area contributed by atoms with Crippen LogP contribution in [0.3, 0.4) is 0 Å². The molecule has 0 atom stereocenters. The number of benzene rings is 2. The number of sulfone groups is 1. The smallest absolute Gasteiger partial charge is 0.240 e. The fourth-order valence-corrected chi connectivity index (χ4v) is 5.14. The van der Waals surface area contributed by atoms with Gasteiger partial charge in [0, 0.05) is 11.0 Å². The Labute approximate surface area is 193 Å². The van der Waals surface area contributed by atoms with E-state index in [0.717, 1.165) is 20.7 Å². The van der Waals surface area contributed by atoms with E-state index in [1.165, 1.54) is 11.3 Å². The van der Waals surface area contributed by atoms with Gasteiger partial charge in [0.1, 0.15) is 5.75 Å². The number of rotatable bonds is 8. The summed E-state index contributed by atoms with van der Waals surface area (Å²) in [7, 11) is -2.24. The van der Waals surface area contributed by atoms with Crippen LogP contribution in [0.4, 0.5) is 5.88 Å². The second-order valence-corrected chi connectivity index (χ2v) is 10.3. The SMILES string of the molecule is COc1ccc(CCNc2oc(-c3cccs3)nc2S(=O)(=O)c2ccc(Br)cc2)cc1. The first-order valence-electron chi connectivity index (χ1n) is 9.39. The zero-order chi connectivity index (χ0) is 21.8. The van der Waals surface area contributed by atoms with Crippen LogP contribution in [0.2, 0.25) is 0 Å². The fraction of sp³-hybridized carbons (Fsp3) is 0.136. The second kappa shape index (κ2) is 9.25. The molecule has 9 heteroatoms. The number of oxazole rings is 1. The zero-order valence-electron chi connectivity index (χ0n) is 16.5. The van der Waals surface area contributed by atoms with Crippen LogP contribution in [0.1, 0.15) is 5.56 Å². The Balaban J connectivity index is 1.61. The van der Waals surface area contributed by atoms with Crippen molar-refractivity contribution >= 4 is 43.0 Å². The lowest BCUT2D eigenvalue weighted by molar-refractivity contribution is 0.414. The third-order valence-electron chi connectivity index (χ3n) is 4.56. The summed E-state index contributed by atoms with van der Waals surface area (Å²) in [4.78, 5) is 5.25. The number of anilines is 1. The van der Waals surface area contributed by atoms with Gasteiger partial charge in [0.15, 0.2) is 0 Å². The summed E-state index contributed by atoms with van der Waals surface area (Å²) in [6, 6.07) is 17.9. The molecular weight excluding hydrogens is 500 g/mol. The third kappa shape index (κ3) is 4.84. The lowest BCUT2D eigenvalue weighted by Crippen LogP contribution is -2.09. The van der Waals surface area contributed by atoms with Crippen molar-refractivity contribution in [1.29, 1.82) is 0 Å². The molecule has 0 saturated heterocycles. The highest BCUT2D eigenvalue weighted by atomic mass is 79.9. The van der Waals surface area contributed by atoms with Crippen LogP contribution in [-0.4, -0.2) is 27.1 Å². The molecule has 0 aliphatic heterocycles. The van der Waals surface area contributed by atoms with Crippen LogP contribution in [0.5, 0.6) is 5.75 Å². The highest BCUT2D eigenvalue weighted by Crippen LogP contribution is 2.34. The van der Waals surface area contributed by atoms with Crippen molar-refractivity contribution in [1.82, 2.24) is 4.98 Å². The quantitative estimate of drug-likeness (QED) is 0.324. The molecule has 6 nitrogen and oxygen atoms in total. The van der Waals surface area contributed by atoms with Crippen molar-refractivity contribution in [2.45, 2.75) is 16.3 Å². The Hall–Kier alpha value is -2.62. The highest BCUT2D eigenvalue weighted by Gasteiger charge is 2.28. The van der Waals surface area contributed by atoms with Crippen LogP contribution >= 0.6 is 27.3 Å². The number of hydrogen-bond donors (Lipinski definition) is 1. The summed E-state index contributed by atoms with van der Waals surface area (Å²) in [5, 5.41) is 4.89. The van der Waals surface area contributed by atoms with E-state index in [4.69, 9.17) is 9.15 Å². The van der Waals surface area contributed by atoms with Crippen LogP contribution in [0.25, 0.3) is 10.8 Å². The first-order chi connectivity index (χ1) is 15.0. The average Bonchev–Trinajstić information content (AvgIpc) is 3.45. The lowest BCUT2D eigenvalue weighted by Gasteiger charge is -2.07. The number of nitrogens with zero attached hydrogens (tertiary/aromatic N) is 1. The summed E-state index contributed by atoms with van der Waals surface area (Å²) in [5.74, 6) is 1.20. The molecule has 0 saturated carbocycles. The molecule has 4 rings (SSSR count). The fourth-order valence-electron chi connectivity index (χ4n) is 2.94. The summed E-state index contributed by atoms with van der Waals surface area (Å²) in [5.41, 5.74) is 1.09. The van der Waals surface area contributed by atoms with Gasteiger partial charge < -0.3 is 14.5 Å². The van der Waals surface area contributed by atoms with E-state index in [1.54, 1.807) is 31.4 Å². The molecule has 31 heavy (non-hydrogen) atoms. The monoisotopic (exact) mass is 518 g/mol. The summed E-state index contributed by atoms with van der Waals surface area (Å²) in [6.45, 7) is 0.480. The van der Waals surface area contributed by atoms with Crippen molar-refractivity contribution in [2.75, 3.05) is 19.0 Å². The average molecular weight is 519 g/mol. The minimum atomic E-state index is -3.86. The van der Waals surface area contributed by atoms with Crippen molar-refractivity contribution < 1.29 is 17.6 Å². The molecule has 160 valence electrons. The molecule has 4 aromatic rings. The van der Waals surface area contributed by atoms with Gasteiger partial charge >= 0.3 is 0 Å². The van der Waals surface area contributed by atoms with E-state index >= 15 is 0 Å². The van der Waals surface area contributed by atoms with Crippen molar-refractivity contribution in [2.24, 2.45) is 0 Å². The minimum Gasteiger partial charge on any atom is -0.497 e. The molecule has 0 aliphatic carbocycles. The molecule has 0 bridgehead atoms. The molecule has 0 radical (unpaired) electrons. The Morgan fingerprint density at radius 1 is 1.10 bits per heavy atom. The summed E-state index contributed by atoms with van der Waals surface area (Å²) < 4.78 is 38.3. The zero-order valence-corrected chi connectivity index (χ0v) is 19.8. The van der Waals surface area contributed by atoms with E-state index in [2.05, 4.69) is 26.2 Å². The van der Waals surface area contributed by atoms with E-state index in [1.807, 2.05) is 41.8 Å². The van der Waals surface area contributed by atoms with Crippen molar-refractivity contribution in [3.63, 3.8) is 0 Å². The van der Waals surface area contributed by atoms with Crippen LogP contribution < -0.4 is 10.1 Å². The predicted molar refractivity (Wildman–Crippen MR) is 125 cm³/mol. The normalized spacial score (nSPS) is 11.4. The van der Waals surface area contributed by atoms with Gasteiger partial charge in [-0.1, -0.05) is 34.1 Å². The number of halogens is 1. The molecule has 1 N–H and O–H groups in total. The van der Waals surface area contributed by atoms with Crippen molar-refractivity contribution in [3.8, 4) is 16.5 Å². The van der Waals surface area contributed by atoms with E-state index < -0.39 is 9.84 Å². The molecule has 2 aromatic carbocycles. The van der Waals surface area contributed by atoms with Crippen LogP contribution in [-0.2, 0) is 16.3 Å². The number of hydrogen-bond acceptors (Lipinski definition) is 7. The maximum atomic E-state index is 13.3. The summed E-state index contributed by atoms with van der Waals surface area (Å²) >= 11 is 4.76. The van der Waals surface area contributed by atoms with E-state index in [0.29, 0.717) is 13.0 Å². The van der Waals surface area contributed by atoms with Gasteiger partial charge in [-0.25, -0.2) is 8.42 Å². The van der Waals surface area contributed by atoms with Gasteiger partial charge in [0.05, 0.1) is 16.9 Å². The molecule has 0 aliphatic rings. The minimum absolute atomic E-state index is 0.118. The van der Waals surface area contributed by atoms with E-state index in [9.17, 15) is 8.42 Å². The molecule has 0 spiro atoms. The Kier molecular flexibility index (Phi) is 6.45. The number of methoxy groups -OCH3 is 1. The third-order valence-corrected chi connectivity index (χ3v) is 7.63. The van der Waals surface area contributed by atoms with Gasteiger partial charge in [-0.15, -0.1) is 11.3 Å². The molecule has 0 fully saturated rings. The van der Waals surface area contributed by atoms with Crippen LogP contribution in [0.15, 0.2) is 84.9 Å². The number of ether oxygens (including phenoxy) is 1. The molecule has 2 heterocycles. The van der Waals surface area contributed by atoms with Crippen molar-refractivity contribution in [3.05, 3.63) is 76.1 Å². The molecule has 0 unspecified atom stereocenters. The Morgan fingerprint density at radius 3 is 2.48 bits per heavy atom. The van der Waals surface area contributed by atoms with Gasteiger partial charge in [0.25, 0.3) is 0 Å². The topological polar surface area (TPSA) is 81.4 Å². The van der Waals surface area contributed by atoms with Gasteiger partial charge in [-0.05, 0) is 59.8 Å². The summed E-state index contributed by atoms with van der Waals surface area (Å²) in [6.07, 6.45) is 0.677. The lowest BCUT2D eigenvalue weighted by atomic mass is 10.1. The maximum absolute atomic E-state index is 13.3. The molecule has 2 aromatic heterocycles. The standard InChI is InChI=1S/C22H19BrN2O4S2/c1-28-17-8-4-15(5-9-17)12-13-24-21-22(25-20(29-21)19-3-2-14-30-19)31(26,27)18-10-6-16(23)7-11-18/h2-11,14,24H,12-13H2,1H3. The van der Waals surface area contributed by atoms with Crippen LogP contribution in [0, 0.1) is 0 Å². The number of nitrogens with one attached hydrogen (secondary N) is 1. The molecule has 0 amide bonds. The van der Waals surface area contributed by atoms with E-state index in [-0.39, 0.29) is 21.7 Å². The first kappa shape index (κ1) is 21.6. The predicted octanol–water partition coefficient (Wildman–Crippen LogP) is 5.66. The molecular formula is C22H19BrN2O4S2. The Morgan fingerprint density at radius 2 is 1.84 bits per heavy atom. The second-order valence-electron chi connectivity index (χ2n) is 6.61. The van der Waals surface area contributed by atoms with Gasteiger partial charge in [-0.3, -0.25) is 0 Å². The number of thiophene rings is 1. The van der Waals surface area contributed by atoms with Gasteiger partial charge in [-0.2, -0.15) is 4.98 Å².